The standard InChI is InChI=1S/C16H10O.CH2O/c17-14-9-7-12-5-4-10-2-1-3-11-6-8-13(14)16(12)15(10)11;1-2/h1-9,17H;1H2. The van der Waals surface area contributed by atoms with Crippen molar-refractivity contribution in [2.45, 2.75) is 0 Å². The second-order valence-corrected chi connectivity index (χ2v) is 4.44. The van der Waals surface area contributed by atoms with Gasteiger partial charge in [0.2, 0.25) is 0 Å². The molecule has 19 heavy (non-hydrogen) atoms. The van der Waals surface area contributed by atoms with Crippen molar-refractivity contribution in [1.82, 2.24) is 0 Å². The molecule has 2 heteroatoms. The lowest BCUT2D eigenvalue weighted by Gasteiger charge is -2.11. The lowest BCUT2D eigenvalue weighted by molar-refractivity contribution is -0.0979. The molecular weight excluding hydrogens is 236 g/mol. The van der Waals surface area contributed by atoms with Crippen LogP contribution in [0, 0.1) is 0 Å². The Morgan fingerprint density at radius 2 is 1.21 bits per heavy atom. The average molecular weight is 248 g/mol. The first kappa shape index (κ1) is 11.5. The summed E-state index contributed by atoms with van der Waals surface area (Å²) in [6.45, 7) is 2.00. The molecule has 0 atom stereocenters. The lowest BCUT2D eigenvalue weighted by Crippen LogP contribution is -1.83. The summed E-state index contributed by atoms with van der Waals surface area (Å²) in [4.78, 5) is 8.00. The Labute approximate surface area is 110 Å². The number of carbonyl (C=O) groups excluding carboxylic acids is 1. The van der Waals surface area contributed by atoms with Crippen LogP contribution in [-0.4, -0.2) is 11.9 Å². The van der Waals surface area contributed by atoms with E-state index in [2.05, 4.69) is 36.4 Å². The molecular formula is C17H12O2. The van der Waals surface area contributed by atoms with E-state index in [0.29, 0.717) is 5.75 Å². The summed E-state index contributed by atoms with van der Waals surface area (Å²) < 4.78 is 0. The van der Waals surface area contributed by atoms with Gasteiger partial charge in [-0.15, -0.1) is 0 Å². The maximum Gasteiger partial charge on any atom is 0.123 e. The zero-order valence-corrected chi connectivity index (χ0v) is 10.3. The fourth-order valence-corrected chi connectivity index (χ4v) is 2.72. The maximum absolute atomic E-state index is 9.95. The highest BCUT2D eigenvalue weighted by Crippen LogP contribution is 2.37. The van der Waals surface area contributed by atoms with Gasteiger partial charge in [-0.25, -0.2) is 0 Å². The second kappa shape index (κ2) is 4.25. The molecule has 0 aliphatic rings. The van der Waals surface area contributed by atoms with E-state index in [1.54, 1.807) is 6.07 Å². The third-order valence-corrected chi connectivity index (χ3v) is 3.51. The molecule has 0 unspecified atom stereocenters. The zero-order chi connectivity index (χ0) is 13.4. The first-order valence-electron chi connectivity index (χ1n) is 5.99. The quantitative estimate of drug-likeness (QED) is 0.475. The van der Waals surface area contributed by atoms with Crippen molar-refractivity contribution in [3.8, 4) is 5.75 Å². The number of hydrogen-bond donors (Lipinski definition) is 1. The van der Waals surface area contributed by atoms with Gasteiger partial charge in [-0.05, 0) is 27.6 Å². The predicted molar refractivity (Wildman–Crippen MR) is 78.9 cm³/mol. The molecule has 0 heterocycles. The number of carbonyl (C=O) groups is 1. The molecule has 0 fully saturated rings. The zero-order valence-electron chi connectivity index (χ0n) is 10.3. The molecule has 0 spiro atoms. The fraction of sp³-hybridized carbons (Fsp3) is 0. The lowest BCUT2D eigenvalue weighted by atomic mass is 9.94. The highest BCUT2D eigenvalue weighted by atomic mass is 16.3. The SMILES string of the molecule is C=O.Oc1ccc2ccc3cccc4ccc1c2c34. The van der Waals surface area contributed by atoms with Crippen LogP contribution < -0.4 is 0 Å². The van der Waals surface area contributed by atoms with Gasteiger partial charge in [-0.3, -0.25) is 0 Å². The van der Waals surface area contributed by atoms with Crippen molar-refractivity contribution in [1.29, 1.82) is 0 Å². The van der Waals surface area contributed by atoms with E-state index >= 15 is 0 Å². The third kappa shape index (κ3) is 1.54. The molecule has 0 saturated carbocycles. The Hall–Kier alpha value is -2.61. The van der Waals surface area contributed by atoms with Crippen LogP contribution in [-0.2, 0) is 4.79 Å². The Kier molecular flexibility index (Phi) is 2.57. The van der Waals surface area contributed by atoms with Crippen molar-refractivity contribution in [3.05, 3.63) is 54.6 Å². The second-order valence-electron chi connectivity index (χ2n) is 4.44. The van der Waals surface area contributed by atoms with Gasteiger partial charge < -0.3 is 9.90 Å². The third-order valence-electron chi connectivity index (χ3n) is 3.51. The minimum Gasteiger partial charge on any atom is -0.507 e. The summed E-state index contributed by atoms with van der Waals surface area (Å²) in [7, 11) is 0. The molecule has 92 valence electrons. The molecule has 0 aromatic heterocycles. The van der Waals surface area contributed by atoms with Crippen molar-refractivity contribution >= 4 is 39.1 Å². The largest absolute Gasteiger partial charge is 0.507 e. The normalized spacial score (nSPS) is 10.7. The molecule has 0 radical (unpaired) electrons. The van der Waals surface area contributed by atoms with E-state index in [1.165, 1.54) is 26.9 Å². The van der Waals surface area contributed by atoms with E-state index in [9.17, 15) is 5.11 Å². The molecule has 4 rings (SSSR count). The highest BCUT2D eigenvalue weighted by molar-refractivity contribution is 6.23. The summed E-state index contributed by atoms with van der Waals surface area (Å²) in [6.07, 6.45) is 0. The molecule has 0 amide bonds. The summed E-state index contributed by atoms with van der Waals surface area (Å²) in [5.74, 6) is 0.357. The van der Waals surface area contributed by atoms with Gasteiger partial charge in [0.15, 0.2) is 0 Å². The van der Waals surface area contributed by atoms with Crippen molar-refractivity contribution in [2.75, 3.05) is 0 Å². The minimum atomic E-state index is 0.357. The minimum absolute atomic E-state index is 0.357. The molecule has 0 bridgehead atoms. The molecule has 0 saturated heterocycles. The predicted octanol–water partition coefficient (Wildman–Crippen LogP) is 4.10. The number of phenols is 1. The Morgan fingerprint density at radius 1 is 0.684 bits per heavy atom. The first-order chi connectivity index (χ1) is 9.34. The summed E-state index contributed by atoms with van der Waals surface area (Å²) in [6, 6.07) is 18.4. The van der Waals surface area contributed by atoms with E-state index in [1.807, 2.05) is 18.9 Å². The fourth-order valence-electron chi connectivity index (χ4n) is 2.72. The van der Waals surface area contributed by atoms with Gasteiger partial charge in [-0.2, -0.15) is 0 Å². The summed E-state index contributed by atoms with van der Waals surface area (Å²) in [5, 5.41) is 16.9. The maximum atomic E-state index is 9.95. The van der Waals surface area contributed by atoms with Crippen LogP contribution in [0.3, 0.4) is 0 Å². The summed E-state index contributed by atoms with van der Waals surface area (Å²) in [5.41, 5.74) is 0. The van der Waals surface area contributed by atoms with Crippen molar-refractivity contribution < 1.29 is 9.90 Å². The van der Waals surface area contributed by atoms with Gasteiger partial charge in [0.1, 0.15) is 12.5 Å². The first-order valence-corrected chi connectivity index (χ1v) is 5.99. The molecule has 2 nitrogen and oxygen atoms in total. The van der Waals surface area contributed by atoms with Crippen LogP contribution in [0.1, 0.15) is 0 Å². The van der Waals surface area contributed by atoms with Crippen LogP contribution in [0.15, 0.2) is 54.6 Å². The van der Waals surface area contributed by atoms with Crippen molar-refractivity contribution in [3.63, 3.8) is 0 Å². The van der Waals surface area contributed by atoms with Gasteiger partial charge in [0.05, 0.1) is 0 Å². The van der Waals surface area contributed by atoms with Crippen LogP contribution in [0.4, 0.5) is 0 Å². The smallest absolute Gasteiger partial charge is 0.123 e. The van der Waals surface area contributed by atoms with E-state index in [-0.39, 0.29) is 0 Å². The van der Waals surface area contributed by atoms with Crippen LogP contribution in [0.2, 0.25) is 0 Å². The van der Waals surface area contributed by atoms with Crippen LogP contribution >= 0.6 is 0 Å². The van der Waals surface area contributed by atoms with E-state index in [4.69, 9.17) is 4.79 Å². The van der Waals surface area contributed by atoms with Gasteiger partial charge in [-0.1, -0.05) is 48.5 Å². The number of aromatic hydroxyl groups is 1. The van der Waals surface area contributed by atoms with Crippen molar-refractivity contribution in [2.24, 2.45) is 0 Å². The number of rotatable bonds is 0. The van der Waals surface area contributed by atoms with Crippen LogP contribution in [0.5, 0.6) is 5.75 Å². The molecule has 4 aromatic rings. The number of benzene rings is 4. The Morgan fingerprint density at radius 3 is 1.89 bits per heavy atom. The average Bonchev–Trinajstić information content (AvgIpc) is 2.49. The monoisotopic (exact) mass is 248 g/mol. The Bertz CT molecular complexity index is 849. The van der Waals surface area contributed by atoms with E-state index in [0.717, 1.165) is 5.39 Å². The summed E-state index contributed by atoms with van der Waals surface area (Å²) >= 11 is 0. The molecule has 1 N–H and O–H groups in total. The molecule has 4 aromatic carbocycles. The Balaban J connectivity index is 0.000000528. The molecule has 0 aliphatic heterocycles. The highest BCUT2D eigenvalue weighted by Gasteiger charge is 2.09. The van der Waals surface area contributed by atoms with Gasteiger partial charge in [0.25, 0.3) is 0 Å². The van der Waals surface area contributed by atoms with Gasteiger partial charge >= 0.3 is 0 Å². The molecule has 0 aliphatic carbocycles. The van der Waals surface area contributed by atoms with Gasteiger partial charge in [0, 0.05) is 10.8 Å². The van der Waals surface area contributed by atoms with Crippen LogP contribution in [0.25, 0.3) is 32.3 Å². The number of hydrogen-bond acceptors (Lipinski definition) is 2. The van der Waals surface area contributed by atoms with E-state index < -0.39 is 0 Å². The topological polar surface area (TPSA) is 37.3 Å². The number of phenolic OH excluding ortho intramolecular Hbond substituents is 1.